The predicted molar refractivity (Wildman–Crippen MR) is 76.0 cm³/mol. The Labute approximate surface area is 116 Å². The highest BCUT2D eigenvalue weighted by atomic mass is 16.5. The second-order valence-electron chi connectivity index (χ2n) is 4.89. The van der Waals surface area contributed by atoms with Crippen LogP contribution in [0.2, 0.25) is 0 Å². The molecule has 1 aromatic carbocycles. The number of ether oxygens (including phenoxy) is 1. The highest BCUT2D eigenvalue weighted by Gasteiger charge is 2.06. The normalized spacial score (nSPS) is 10.6. The third kappa shape index (κ3) is 3.32. The van der Waals surface area contributed by atoms with Gasteiger partial charge in [0.1, 0.15) is 5.75 Å². The summed E-state index contributed by atoms with van der Waals surface area (Å²) in [6, 6.07) is 8.85. The average molecular weight is 272 g/mol. The molecule has 0 bridgehead atoms. The predicted octanol–water partition coefficient (Wildman–Crippen LogP) is 2.28. The minimum absolute atomic E-state index is 0.0588. The molecule has 104 valence electrons. The molecule has 0 atom stereocenters. The van der Waals surface area contributed by atoms with E-state index in [2.05, 4.69) is 24.0 Å². The Kier molecular flexibility index (Phi) is 4.30. The van der Waals surface area contributed by atoms with Crippen molar-refractivity contribution in [3.05, 3.63) is 46.2 Å². The molecule has 0 amide bonds. The van der Waals surface area contributed by atoms with Gasteiger partial charge in [-0.25, -0.2) is 5.10 Å². The van der Waals surface area contributed by atoms with Crippen LogP contribution >= 0.6 is 0 Å². The molecule has 0 aliphatic rings. The van der Waals surface area contributed by atoms with E-state index in [4.69, 9.17) is 4.74 Å². The van der Waals surface area contributed by atoms with Gasteiger partial charge in [-0.1, -0.05) is 26.0 Å². The van der Waals surface area contributed by atoms with Crippen molar-refractivity contribution in [2.75, 3.05) is 6.61 Å². The van der Waals surface area contributed by atoms with Crippen molar-refractivity contribution in [2.45, 2.75) is 13.8 Å². The van der Waals surface area contributed by atoms with E-state index >= 15 is 0 Å². The Hall–Kier alpha value is -2.43. The molecule has 0 unspecified atom stereocenters. The number of aromatic nitrogens is 2. The van der Waals surface area contributed by atoms with Crippen molar-refractivity contribution in [2.24, 2.45) is 5.92 Å². The van der Waals surface area contributed by atoms with E-state index in [1.165, 1.54) is 6.07 Å². The molecule has 0 spiro atoms. The summed E-state index contributed by atoms with van der Waals surface area (Å²) in [5.41, 5.74) is 0.881. The van der Waals surface area contributed by atoms with Gasteiger partial charge in [0.05, 0.1) is 17.9 Å². The van der Waals surface area contributed by atoms with Crippen molar-refractivity contribution in [1.82, 2.24) is 10.2 Å². The number of aromatic amines is 1. The molecule has 5 heteroatoms. The summed E-state index contributed by atoms with van der Waals surface area (Å²) in [5, 5.41) is 6.25. The number of hydrogen-bond acceptors (Lipinski definition) is 4. The van der Waals surface area contributed by atoms with E-state index in [1.807, 2.05) is 24.3 Å². The Morgan fingerprint density at radius 1 is 1.35 bits per heavy atom. The van der Waals surface area contributed by atoms with Crippen LogP contribution in [0.5, 0.6) is 5.75 Å². The van der Waals surface area contributed by atoms with Crippen LogP contribution in [0.4, 0.5) is 0 Å². The molecule has 0 aliphatic carbocycles. The zero-order valence-electron chi connectivity index (χ0n) is 11.4. The van der Waals surface area contributed by atoms with Crippen LogP contribution in [0.1, 0.15) is 24.2 Å². The monoisotopic (exact) mass is 272 g/mol. The molecule has 0 saturated heterocycles. The van der Waals surface area contributed by atoms with Crippen molar-refractivity contribution in [3.63, 3.8) is 0 Å². The van der Waals surface area contributed by atoms with Gasteiger partial charge in [0.2, 0.25) is 0 Å². The van der Waals surface area contributed by atoms with Gasteiger partial charge in [-0.3, -0.25) is 9.59 Å². The van der Waals surface area contributed by atoms with E-state index in [1.54, 1.807) is 0 Å². The van der Waals surface area contributed by atoms with Crippen LogP contribution < -0.4 is 10.3 Å². The van der Waals surface area contributed by atoms with Crippen LogP contribution in [0.15, 0.2) is 35.1 Å². The van der Waals surface area contributed by atoms with E-state index in [0.717, 1.165) is 11.3 Å². The summed E-state index contributed by atoms with van der Waals surface area (Å²) in [4.78, 5) is 22.1. The molecule has 0 radical (unpaired) electrons. The number of aldehydes is 1. The lowest BCUT2D eigenvalue weighted by atomic mass is 10.1. The minimum atomic E-state index is -0.490. The maximum Gasteiger partial charge on any atom is 0.274 e. The van der Waals surface area contributed by atoms with Crippen LogP contribution in [0, 0.1) is 5.92 Å². The zero-order valence-corrected chi connectivity index (χ0v) is 11.4. The first-order valence-electron chi connectivity index (χ1n) is 6.38. The number of carbonyl (C=O) groups excluding carboxylic acids is 1. The van der Waals surface area contributed by atoms with E-state index < -0.39 is 5.56 Å². The van der Waals surface area contributed by atoms with E-state index in [0.29, 0.717) is 24.5 Å². The Morgan fingerprint density at radius 3 is 2.85 bits per heavy atom. The van der Waals surface area contributed by atoms with Crippen molar-refractivity contribution >= 4 is 6.29 Å². The van der Waals surface area contributed by atoms with Crippen LogP contribution in [-0.2, 0) is 0 Å². The second kappa shape index (κ2) is 6.14. The van der Waals surface area contributed by atoms with Gasteiger partial charge in [-0.05, 0) is 24.1 Å². The Bertz CT molecular complexity index is 662. The Balaban J connectivity index is 2.31. The summed E-state index contributed by atoms with van der Waals surface area (Å²) < 4.78 is 5.64. The van der Waals surface area contributed by atoms with Gasteiger partial charge in [-0.2, -0.15) is 5.10 Å². The number of nitrogens with one attached hydrogen (secondary N) is 1. The van der Waals surface area contributed by atoms with Gasteiger partial charge in [0, 0.05) is 5.56 Å². The maximum atomic E-state index is 11.3. The van der Waals surface area contributed by atoms with Gasteiger partial charge < -0.3 is 4.74 Å². The fourth-order valence-corrected chi connectivity index (χ4v) is 1.66. The first kappa shape index (κ1) is 14.0. The zero-order chi connectivity index (χ0) is 14.5. The molecule has 2 aromatic rings. The molecule has 1 aromatic heterocycles. The van der Waals surface area contributed by atoms with Crippen molar-refractivity contribution in [1.29, 1.82) is 0 Å². The number of H-pyrrole nitrogens is 1. The summed E-state index contributed by atoms with van der Waals surface area (Å²) in [6.07, 6.45) is 0.517. The van der Waals surface area contributed by atoms with Crippen molar-refractivity contribution < 1.29 is 9.53 Å². The maximum absolute atomic E-state index is 11.3. The summed E-state index contributed by atoms with van der Waals surface area (Å²) in [6.45, 7) is 4.77. The van der Waals surface area contributed by atoms with Crippen LogP contribution in [0.3, 0.4) is 0 Å². The fraction of sp³-hybridized carbons (Fsp3) is 0.267. The smallest absolute Gasteiger partial charge is 0.274 e. The molecule has 1 N–H and O–H groups in total. The number of rotatable bonds is 5. The quantitative estimate of drug-likeness (QED) is 0.848. The number of hydrogen-bond donors (Lipinski definition) is 1. The highest BCUT2D eigenvalue weighted by Crippen LogP contribution is 2.22. The average Bonchev–Trinajstić information content (AvgIpc) is 2.46. The molecule has 1 heterocycles. The third-order valence-electron chi connectivity index (χ3n) is 2.67. The molecule has 0 aliphatic heterocycles. The summed E-state index contributed by atoms with van der Waals surface area (Å²) >= 11 is 0. The lowest BCUT2D eigenvalue weighted by Crippen LogP contribution is -2.13. The van der Waals surface area contributed by atoms with E-state index in [-0.39, 0.29) is 5.56 Å². The van der Waals surface area contributed by atoms with Crippen molar-refractivity contribution in [3.8, 4) is 17.0 Å². The second-order valence-corrected chi connectivity index (χ2v) is 4.89. The largest absolute Gasteiger partial charge is 0.493 e. The standard InChI is InChI=1S/C15H16N2O3/c1-10(2)9-20-13-5-3-4-11(6-13)14-7-12(8-18)15(19)17-16-14/h3-8,10H,9H2,1-2H3,(H,17,19). The highest BCUT2D eigenvalue weighted by molar-refractivity contribution is 5.76. The fourth-order valence-electron chi connectivity index (χ4n) is 1.66. The summed E-state index contributed by atoms with van der Waals surface area (Å²) in [5.74, 6) is 1.17. The molecular formula is C15H16N2O3. The van der Waals surface area contributed by atoms with E-state index in [9.17, 15) is 9.59 Å². The molecule has 2 rings (SSSR count). The molecule has 20 heavy (non-hydrogen) atoms. The molecule has 5 nitrogen and oxygen atoms in total. The summed E-state index contributed by atoms with van der Waals surface area (Å²) in [7, 11) is 0. The van der Waals surface area contributed by atoms with Crippen LogP contribution in [0.25, 0.3) is 11.3 Å². The number of nitrogens with zero attached hydrogens (tertiary/aromatic N) is 1. The number of carbonyl (C=O) groups is 1. The lowest BCUT2D eigenvalue weighted by molar-refractivity contribution is 0.112. The number of benzene rings is 1. The van der Waals surface area contributed by atoms with Gasteiger partial charge >= 0.3 is 0 Å². The van der Waals surface area contributed by atoms with Gasteiger partial charge in [0.25, 0.3) is 5.56 Å². The molecule has 0 saturated carbocycles. The molecule has 0 fully saturated rings. The Morgan fingerprint density at radius 2 is 2.15 bits per heavy atom. The molecular weight excluding hydrogens is 256 g/mol. The topological polar surface area (TPSA) is 72.1 Å². The van der Waals surface area contributed by atoms with Gasteiger partial charge in [-0.15, -0.1) is 0 Å². The first-order chi connectivity index (χ1) is 9.60. The van der Waals surface area contributed by atoms with Gasteiger partial charge in [0.15, 0.2) is 6.29 Å². The minimum Gasteiger partial charge on any atom is -0.493 e. The first-order valence-corrected chi connectivity index (χ1v) is 6.38. The lowest BCUT2D eigenvalue weighted by Gasteiger charge is -2.09. The van der Waals surface area contributed by atoms with Crippen LogP contribution in [-0.4, -0.2) is 23.1 Å². The SMILES string of the molecule is CC(C)COc1cccc(-c2cc(C=O)c(=O)[nH]n2)c1. The third-order valence-corrected chi connectivity index (χ3v) is 2.67.